The Bertz CT molecular complexity index is 1100. The standard InChI is InChI=1S/C18H20N2O4S2/c1-5-10(2)20-18(21)17-16(24-26(4,22)23)15-12-7-6-11(3)19-13(12)8-9-14(15)25-17/h6-10H,5H2,1-4H3,(H,20,21)/t10-/m1/s1. The van der Waals surface area contributed by atoms with Gasteiger partial charge in [-0.2, -0.15) is 8.42 Å². The maximum absolute atomic E-state index is 12.7. The van der Waals surface area contributed by atoms with Gasteiger partial charge in [-0.1, -0.05) is 13.0 Å². The number of aryl methyl sites for hydroxylation is 1. The lowest BCUT2D eigenvalue weighted by molar-refractivity contribution is 0.0942. The molecule has 0 fully saturated rings. The number of fused-ring (bicyclic) bond motifs is 3. The van der Waals surface area contributed by atoms with Crippen molar-refractivity contribution in [2.45, 2.75) is 33.2 Å². The van der Waals surface area contributed by atoms with Crippen molar-refractivity contribution in [1.82, 2.24) is 10.3 Å². The van der Waals surface area contributed by atoms with Crippen LogP contribution in [0.25, 0.3) is 21.0 Å². The van der Waals surface area contributed by atoms with Gasteiger partial charge in [-0.15, -0.1) is 11.3 Å². The highest BCUT2D eigenvalue weighted by atomic mass is 32.2. The largest absolute Gasteiger partial charge is 0.380 e. The number of carbonyl (C=O) groups excluding carboxylic acids is 1. The molecule has 1 atom stereocenters. The van der Waals surface area contributed by atoms with Crippen LogP contribution in [0, 0.1) is 6.92 Å². The van der Waals surface area contributed by atoms with Gasteiger partial charge in [0, 0.05) is 27.2 Å². The number of rotatable bonds is 5. The summed E-state index contributed by atoms with van der Waals surface area (Å²) in [5, 5.41) is 4.22. The normalized spacial score (nSPS) is 13.1. The van der Waals surface area contributed by atoms with Crippen LogP contribution in [0.3, 0.4) is 0 Å². The van der Waals surface area contributed by atoms with E-state index in [1.165, 1.54) is 11.3 Å². The molecule has 3 rings (SSSR count). The fraction of sp³-hybridized carbons (Fsp3) is 0.333. The van der Waals surface area contributed by atoms with Crippen LogP contribution in [0.2, 0.25) is 0 Å². The van der Waals surface area contributed by atoms with Gasteiger partial charge in [0.05, 0.1) is 11.8 Å². The van der Waals surface area contributed by atoms with E-state index in [4.69, 9.17) is 4.18 Å². The van der Waals surface area contributed by atoms with E-state index in [1.807, 2.05) is 45.0 Å². The summed E-state index contributed by atoms with van der Waals surface area (Å²) in [6, 6.07) is 7.40. The lowest BCUT2D eigenvalue weighted by Gasteiger charge is -2.11. The van der Waals surface area contributed by atoms with Crippen LogP contribution >= 0.6 is 11.3 Å². The second-order valence-corrected chi connectivity index (χ2v) is 8.92. The van der Waals surface area contributed by atoms with Gasteiger partial charge in [-0.05, 0) is 38.5 Å². The fourth-order valence-corrected chi connectivity index (χ4v) is 4.22. The number of aromatic nitrogens is 1. The minimum absolute atomic E-state index is 0.0279. The molecular formula is C18H20N2O4S2. The van der Waals surface area contributed by atoms with Crippen molar-refractivity contribution in [3.8, 4) is 5.75 Å². The Balaban J connectivity index is 2.29. The van der Waals surface area contributed by atoms with Crippen LogP contribution in [0.15, 0.2) is 24.3 Å². The van der Waals surface area contributed by atoms with E-state index in [2.05, 4.69) is 10.3 Å². The molecule has 0 aliphatic heterocycles. The quantitative estimate of drug-likeness (QED) is 0.670. The second-order valence-electron chi connectivity index (χ2n) is 6.29. The SMILES string of the molecule is CC[C@@H](C)NC(=O)c1sc2ccc3nc(C)ccc3c2c1OS(C)(=O)=O. The molecule has 2 heterocycles. The summed E-state index contributed by atoms with van der Waals surface area (Å²) in [6.07, 6.45) is 1.74. The average Bonchev–Trinajstić information content (AvgIpc) is 2.91. The summed E-state index contributed by atoms with van der Waals surface area (Å²) in [4.78, 5) is 17.4. The number of nitrogens with one attached hydrogen (secondary N) is 1. The van der Waals surface area contributed by atoms with Crippen molar-refractivity contribution >= 4 is 48.4 Å². The number of nitrogens with zero attached hydrogens (tertiary/aromatic N) is 1. The van der Waals surface area contributed by atoms with Gasteiger partial charge in [0.1, 0.15) is 4.88 Å². The van der Waals surface area contributed by atoms with E-state index in [9.17, 15) is 13.2 Å². The Morgan fingerprint density at radius 1 is 1.31 bits per heavy atom. The van der Waals surface area contributed by atoms with Gasteiger partial charge < -0.3 is 9.50 Å². The molecule has 3 aromatic rings. The Morgan fingerprint density at radius 2 is 2.04 bits per heavy atom. The van der Waals surface area contributed by atoms with Crippen LogP contribution in [0.4, 0.5) is 0 Å². The molecule has 0 aliphatic carbocycles. The highest BCUT2D eigenvalue weighted by molar-refractivity contribution is 7.86. The third-order valence-corrected chi connectivity index (χ3v) is 5.65. The third-order valence-electron chi connectivity index (χ3n) is 4.05. The smallest absolute Gasteiger partial charge is 0.306 e. The first kappa shape index (κ1) is 18.6. The van der Waals surface area contributed by atoms with Crippen molar-refractivity contribution in [3.05, 3.63) is 34.8 Å². The second kappa shape index (κ2) is 6.85. The van der Waals surface area contributed by atoms with Crippen molar-refractivity contribution < 1.29 is 17.4 Å². The Labute approximate surface area is 156 Å². The number of amides is 1. The summed E-state index contributed by atoms with van der Waals surface area (Å²) in [5.74, 6) is -0.267. The van der Waals surface area contributed by atoms with Gasteiger partial charge in [0.2, 0.25) is 0 Å². The molecule has 138 valence electrons. The molecule has 0 spiro atoms. The summed E-state index contributed by atoms with van der Waals surface area (Å²) in [7, 11) is -3.80. The minimum Gasteiger partial charge on any atom is -0.380 e. The maximum atomic E-state index is 12.7. The number of carbonyl (C=O) groups is 1. The lowest BCUT2D eigenvalue weighted by atomic mass is 10.1. The Morgan fingerprint density at radius 3 is 2.69 bits per heavy atom. The molecule has 6 nitrogen and oxygen atoms in total. The summed E-state index contributed by atoms with van der Waals surface area (Å²) < 4.78 is 29.7. The first-order chi connectivity index (χ1) is 12.2. The lowest BCUT2D eigenvalue weighted by Crippen LogP contribution is -2.31. The molecule has 2 aromatic heterocycles. The van der Waals surface area contributed by atoms with Crippen LogP contribution in [-0.4, -0.2) is 31.6 Å². The minimum atomic E-state index is -3.80. The van der Waals surface area contributed by atoms with Gasteiger partial charge in [0.15, 0.2) is 5.75 Å². The van der Waals surface area contributed by atoms with E-state index in [0.29, 0.717) is 5.39 Å². The average molecular weight is 393 g/mol. The van der Waals surface area contributed by atoms with Gasteiger partial charge in [0.25, 0.3) is 5.91 Å². The van der Waals surface area contributed by atoms with Gasteiger partial charge in [-0.25, -0.2) is 0 Å². The monoisotopic (exact) mass is 392 g/mol. The third kappa shape index (κ3) is 3.66. The zero-order valence-corrected chi connectivity index (χ0v) is 16.6. The molecule has 1 aromatic carbocycles. The highest BCUT2D eigenvalue weighted by Gasteiger charge is 2.25. The fourth-order valence-electron chi connectivity index (χ4n) is 2.65. The molecular weight excluding hydrogens is 372 g/mol. The van der Waals surface area contributed by atoms with Crippen LogP contribution < -0.4 is 9.50 Å². The first-order valence-electron chi connectivity index (χ1n) is 8.22. The predicted molar refractivity (Wildman–Crippen MR) is 105 cm³/mol. The Hall–Kier alpha value is -2.19. The number of benzene rings is 1. The first-order valence-corrected chi connectivity index (χ1v) is 10.9. The van der Waals surface area contributed by atoms with E-state index in [0.717, 1.165) is 34.0 Å². The molecule has 0 saturated carbocycles. The van der Waals surface area contributed by atoms with E-state index >= 15 is 0 Å². The molecule has 0 aliphatic rings. The summed E-state index contributed by atoms with van der Waals surface area (Å²) in [6.45, 7) is 5.74. The molecule has 8 heteroatoms. The number of hydrogen-bond donors (Lipinski definition) is 1. The van der Waals surface area contributed by atoms with Crippen LogP contribution in [0.5, 0.6) is 5.75 Å². The van der Waals surface area contributed by atoms with E-state index in [1.54, 1.807) is 0 Å². The predicted octanol–water partition coefficient (Wildman–Crippen LogP) is 3.62. The van der Waals surface area contributed by atoms with E-state index in [-0.39, 0.29) is 22.6 Å². The maximum Gasteiger partial charge on any atom is 0.306 e. The van der Waals surface area contributed by atoms with Crippen molar-refractivity contribution in [2.24, 2.45) is 0 Å². The zero-order valence-electron chi connectivity index (χ0n) is 15.0. The molecule has 0 radical (unpaired) electrons. The number of thiophene rings is 1. The highest BCUT2D eigenvalue weighted by Crippen LogP contribution is 2.42. The number of pyridine rings is 1. The van der Waals surface area contributed by atoms with Gasteiger partial charge >= 0.3 is 10.1 Å². The van der Waals surface area contributed by atoms with Crippen LogP contribution in [0.1, 0.15) is 35.6 Å². The summed E-state index contributed by atoms with van der Waals surface area (Å²) in [5.41, 5.74) is 1.58. The molecule has 26 heavy (non-hydrogen) atoms. The summed E-state index contributed by atoms with van der Waals surface area (Å²) >= 11 is 1.21. The van der Waals surface area contributed by atoms with Crippen LogP contribution in [-0.2, 0) is 10.1 Å². The Kier molecular flexibility index (Phi) is 4.90. The van der Waals surface area contributed by atoms with E-state index < -0.39 is 10.1 Å². The number of hydrogen-bond acceptors (Lipinski definition) is 6. The van der Waals surface area contributed by atoms with Crippen molar-refractivity contribution in [3.63, 3.8) is 0 Å². The van der Waals surface area contributed by atoms with Crippen molar-refractivity contribution in [2.75, 3.05) is 6.26 Å². The van der Waals surface area contributed by atoms with Crippen molar-refractivity contribution in [1.29, 1.82) is 0 Å². The topological polar surface area (TPSA) is 85.4 Å². The molecule has 0 saturated heterocycles. The molecule has 1 amide bonds. The van der Waals surface area contributed by atoms with Gasteiger partial charge in [-0.3, -0.25) is 9.78 Å². The molecule has 0 bridgehead atoms. The zero-order chi connectivity index (χ0) is 19.1. The molecule has 1 N–H and O–H groups in total. The molecule has 0 unspecified atom stereocenters.